The number of hydrogen-bond donors (Lipinski definition) is 2. The van der Waals surface area contributed by atoms with Crippen molar-refractivity contribution in [3.05, 3.63) is 0 Å². The van der Waals surface area contributed by atoms with E-state index >= 15 is 0 Å². The van der Waals surface area contributed by atoms with E-state index in [4.69, 9.17) is 11.1 Å². The first-order valence-corrected chi connectivity index (χ1v) is 4.81. The lowest BCUT2D eigenvalue weighted by Gasteiger charge is -2.28. The second-order valence-corrected chi connectivity index (χ2v) is 3.75. The van der Waals surface area contributed by atoms with Crippen LogP contribution in [0.1, 0.15) is 20.3 Å². The number of nitrogens with one attached hydrogen (secondary N) is 1. The third-order valence-electron chi connectivity index (χ3n) is 2.58. The fourth-order valence-electron chi connectivity index (χ4n) is 1.16. The topological polar surface area (TPSA) is 53.1 Å². The van der Waals surface area contributed by atoms with Crippen LogP contribution in [0.25, 0.3) is 0 Å². The Morgan fingerprint density at radius 3 is 2.20 bits per heavy atom. The van der Waals surface area contributed by atoms with E-state index in [1.165, 1.54) is 0 Å². The first kappa shape index (κ1) is 14.2. The maximum atomic E-state index is 12.5. The molecule has 2 atom stereocenters. The van der Waals surface area contributed by atoms with Gasteiger partial charge in [0.15, 0.2) is 0 Å². The molecule has 15 heavy (non-hydrogen) atoms. The van der Waals surface area contributed by atoms with E-state index in [0.29, 0.717) is 0 Å². The monoisotopic (exact) mass is 225 g/mol. The minimum absolute atomic E-state index is 0.0502. The third kappa shape index (κ3) is 4.51. The molecule has 0 aliphatic carbocycles. The predicted molar refractivity (Wildman–Crippen MR) is 53.8 cm³/mol. The zero-order chi connectivity index (χ0) is 12.2. The summed E-state index contributed by atoms with van der Waals surface area (Å²) in [4.78, 5) is 1.57. The van der Waals surface area contributed by atoms with Crippen molar-refractivity contribution < 1.29 is 13.2 Å². The van der Waals surface area contributed by atoms with Crippen molar-refractivity contribution in [2.75, 3.05) is 13.6 Å². The van der Waals surface area contributed by atoms with Crippen molar-refractivity contribution in [3.8, 4) is 0 Å². The van der Waals surface area contributed by atoms with Crippen LogP contribution in [-0.2, 0) is 0 Å². The van der Waals surface area contributed by atoms with E-state index in [1.54, 1.807) is 11.9 Å². The van der Waals surface area contributed by atoms with Crippen LogP contribution >= 0.6 is 0 Å². The summed E-state index contributed by atoms with van der Waals surface area (Å²) >= 11 is 0. The zero-order valence-corrected chi connectivity index (χ0v) is 9.23. The highest BCUT2D eigenvalue weighted by molar-refractivity contribution is 5.80. The maximum absolute atomic E-state index is 12.5. The molecule has 0 rings (SSSR count). The van der Waals surface area contributed by atoms with E-state index in [0.717, 1.165) is 6.42 Å². The quantitative estimate of drug-likeness (QED) is 0.554. The van der Waals surface area contributed by atoms with Crippen LogP contribution in [0.5, 0.6) is 0 Å². The summed E-state index contributed by atoms with van der Waals surface area (Å²) in [5, 5.41) is 6.93. The Kier molecular flexibility index (Phi) is 5.07. The summed E-state index contributed by atoms with van der Waals surface area (Å²) in [6, 6.07) is 0.0502. The van der Waals surface area contributed by atoms with Gasteiger partial charge in [0.05, 0.1) is 0 Å². The van der Waals surface area contributed by atoms with Crippen LogP contribution in [0.2, 0.25) is 0 Å². The molecule has 0 aliphatic rings. The number of nitrogens with two attached hydrogens (primary N) is 1. The lowest BCUT2D eigenvalue weighted by Crippen LogP contribution is -2.45. The number of nitrogens with zero attached hydrogens (tertiary/aromatic N) is 1. The highest BCUT2D eigenvalue weighted by atomic mass is 19.4. The Labute approximate surface area is 87.9 Å². The molecule has 6 heteroatoms. The van der Waals surface area contributed by atoms with Gasteiger partial charge in [0.2, 0.25) is 0 Å². The van der Waals surface area contributed by atoms with E-state index < -0.39 is 17.9 Å². The van der Waals surface area contributed by atoms with Crippen LogP contribution < -0.4 is 5.73 Å². The smallest absolute Gasteiger partial charge is 0.387 e. The lowest BCUT2D eigenvalue weighted by molar-refractivity contribution is -0.160. The second kappa shape index (κ2) is 5.34. The molecule has 90 valence electrons. The minimum atomic E-state index is -4.44. The first-order chi connectivity index (χ1) is 6.70. The van der Waals surface area contributed by atoms with Crippen molar-refractivity contribution in [3.63, 3.8) is 0 Å². The highest BCUT2D eigenvalue weighted by Crippen LogP contribution is 2.27. The van der Waals surface area contributed by atoms with E-state index in [2.05, 4.69) is 0 Å². The van der Waals surface area contributed by atoms with Crippen LogP contribution in [0.3, 0.4) is 0 Å². The lowest BCUT2D eigenvalue weighted by atomic mass is 10.1. The van der Waals surface area contributed by atoms with Gasteiger partial charge >= 0.3 is 6.18 Å². The Hall–Kier alpha value is -0.780. The van der Waals surface area contributed by atoms with Crippen LogP contribution in [0.15, 0.2) is 0 Å². The molecule has 0 aliphatic heterocycles. The summed E-state index contributed by atoms with van der Waals surface area (Å²) in [6.07, 6.45) is -3.67. The van der Waals surface area contributed by atoms with Gasteiger partial charge in [-0.2, -0.15) is 13.2 Å². The molecule has 0 spiro atoms. The molecule has 0 radical (unpaired) electrons. The van der Waals surface area contributed by atoms with Crippen LogP contribution in [0.4, 0.5) is 13.2 Å². The van der Waals surface area contributed by atoms with Gasteiger partial charge in [-0.15, -0.1) is 0 Å². The standard InChI is InChI=1S/C9H18F3N3/c1-4-6(2)15(3)5-7(8(13)14)9(10,11)12/h6-7H,4-5H2,1-3H3,(H3,13,14). The number of amidine groups is 1. The number of halogens is 3. The van der Waals surface area contributed by atoms with Crippen LogP contribution in [-0.4, -0.2) is 36.5 Å². The second-order valence-electron chi connectivity index (χ2n) is 3.75. The van der Waals surface area contributed by atoms with Crippen LogP contribution in [0, 0.1) is 11.3 Å². The number of hydrogen-bond acceptors (Lipinski definition) is 2. The third-order valence-corrected chi connectivity index (χ3v) is 2.58. The van der Waals surface area contributed by atoms with Gasteiger partial charge in [0.25, 0.3) is 0 Å². The summed E-state index contributed by atoms with van der Waals surface area (Å²) in [7, 11) is 1.61. The molecule has 3 N–H and O–H groups in total. The maximum Gasteiger partial charge on any atom is 0.399 e. The largest absolute Gasteiger partial charge is 0.399 e. The van der Waals surface area contributed by atoms with Crippen molar-refractivity contribution in [1.29, 1.82) is 5.41 Å². The van der Waals surface area contributed by atoms with Crippen molar-refractivity contribution in [2.45, 2.75) is 32.5 Å². The van der Waals surface area contributed by atoms with Crippen molar-refractivity contribution in [1.82, 2.24) is 4.90 Å². The molecule has 0 aromatic rings. The minimum Gasteiger partial charge on any atom is -0.387 e. The Morgan fingerprint density at radius 2 is 1.93 bits per heavy atom. The highest BCUT2D eigenvalue weighted by Gasteiger charge is 2.42. The number of alkyl halides is 3. The molecule has 2 unspecified atom stereocenters. The summed E-state index contributed by atoms with van der Waals surface area (Å²) in [5.41, 5.74) is 4.95. The molecular weight excluding hydrogens is 207 g/mol. The van der Waals surface area contributed by atoms with Crippen molar-refractivity contribution in [2.24, 2.45) is 11.7 Å². The summed E-state index contributed by atoms with van der Waals surface area (Å²) in [6.45, 7) is 3.49. The molecule has 0 fully saturated rings. The molecule has 0 saturated carbocycles. The average Bonchev–Trinajstić information content (AvgIpc) is 2.09. The Bertz CT molecular complexity index is 215. The predicted octanol–water partition coefficient (Wildman–Crippen LogP) is 1.83. The number of rotatable bonds is 5. The van der Waals surface area contributed by atoms with Gasteiger partial charge in [0, 0.05) is 12.6 Å². The molecule has 0 aromatic heterocycles. The molecule has 0 saturated heterocycles. The van der Waals surface area contributed by atoms with Gasteiger partial charge in [-0.3, -0.25) is 5.41 Å². The fourth-order valence-corrected chi connectivity index (χ4v) is 1.16. The fraction of sp³-hybridized carbons (Fsp3) is 0.889. The first-order valence-electron chi connectivity index (χ1n) is 4.81. The molecule has 0 heterocycles. The summed E-state index contributed by atoms with van der Waals surface area (Å²) in [5.74, 6) is -2.69. The zero-order valence-electron chi connectivity index (χ0n) is 9.23. The van der Waals surface area contributed by atoms with Gasteiger partial charge in [-0.1, -0.05) is 6.92 Å². The molecule has 3 nitrogen and oxygen atoms in total. The SMILES string of the molecule is CCC(C)N(C)CC(C(=N)N)C(F)(F)F. The summed E-state index contributed by atoms with van der Waals surface area (Å²) < 4.78 is 37.4. The van der Waals surface area contributed by atoms with Crippen molar-refractivity contribution >= 4 is 5.84 Å². The molecular formula is C9H18F3N3. The van der Waals surface area contributed by atoms with Gasteiger partial charge in [-0.25, -0.2) is 0 Å². The van der Waals surface area contributed by atoms with E-state index in [-0.39, 0.29) is 12.6 Å². The van der Waals surface area contributed by atoms with E-state index in [9.17, 15) is 13.2 Å². The average molecular weight is 225 g/mol. The molecule has 0 aromatic carbocycles. The Morgan fingerprint density at radius 1 is 1.47 bits per heavy atom. The molecule has 0 amide bonds. The van der Waals surface area contributed by atoms with Gasteiger partial charge in [0.1, 0.15) is 11.8 Å². The normalized spacial score (nSPS) is 16.5. The van der Waals surface area contributed by atoms with Gasteiger partial charge < -0.3 is 10.6 Å². The molecule has 0 bridgehead atoms. The van der Waals surface area contributed by atoms with Gasteiger partial charge in [-0.05, 0) is 20.4 Å². The Balaban J connectivity index is 4.50. The van der Waals surface area contributed by atoms with E-state index in [1.807, 2.05) is 13.8 Å².